The molecule has 2 aliphatic rings. The number of aliphatic hydroxyl groups excluding tert-OH is 1. The molecule has 2 N–H and O–H groups in total. The first kappa shape index (κ1) is 12.3. The van der Waals surface area contributed by atoms with Crippen LogP contribution in [0.5, 0.6) is 0 Å². The van der Waals surface area contributed by atoms with Crippen LogP contribution in [0.4, 0.5) is 0 Å². The quantitative estimate of drug-likeness (QED) is 0.695. The molecule has 2 heterocycles. The molecule has 0 aliphatic carbocycles. The summed E-state index contributed by atoms with van der Waals surface area (Å²) in [5, 5.41) is 18.5. The number of ether oxygens (including phenoxy) is 1. The summed E-state index contributed by atoms with van der Waals surface area (Å²) in [5.74, 6) is -1.28. The van der Waals surface area contributed by atoms with Crippen LogP contribution in [0.3, 0.4) is 0 Å². The Morgan fingerprint density at radius 2 is 2.12 bits per heavy atom. The fourth-order valence-corrected chi connectivity index (χ4v) is 2.63. The van der Waals surface area contributed by atoms with Gasteiger partial charge in [-0.2, -0.15) is 0 Å². The van der Waals surface area contributed by atoms with Crippen molar-refractivity contribution in [3.8, 4) is 0 Å². The number of hydrogen-bond acceptors (Lipinski definition) is 4. The molecule has 2 rings (SSSR count). The van der Waals surface area contributed by atoms with Crippen LogP contribution in [0.1, 0.15) is 19.3 Å². The molecule has 17 heavy (non-hydrogen) atoms. The van der Waals surface area contributed by atoms with E-state index in [9.17, 15) is 14.7 Å². The minimum atomic E-state index is -1.13. The van der Waals surface area contributed by atoms with Crippen LogP contribution in [-0.2, 0) is 14.3 Å². The third-order valence-electron chi connectivity index (χ3n) is 3.70. The lowest BCUT2D eigenvalue weighted by molar-refractivity contribution is -0.164. The number of carbonyl (C=O) groups is 2. The lowest BCUT2D eigenvalue weighted by atomic mass is 9.88. The summed E-state index contributed by atoms with van der Waals surface area (Å²) in [6.45, 7) is 0.982. The van der Waals surface area contributed by atoms with E-state index < -0.39 is 11.5 Å². The van der Waals surface area contributed by atoms with Gasteiger partial charge >= 0.3 is 5.97 Å². The Bertz CT molecular complexity index is 324. The molecule has 2 fully saturated rings. The summed E-state index contributed by atoms with van der Waals surface area (Å²) in [6, 6.07) is 0. The SMILES string of the molecule is O=C1CC(CO)CN1C1(C(=O)O)CCOCC1. The zero-order valence-electron chi connectivity index (χ0n) is 9.59. The Hall–Kier alpha value is -1.14. The molecule has 1 atom stereocenters. The molecule has 2 aliphatic heterocycles. The number of amides is 1. The Labute approximate surface area is 99.2 Å². The van der Waals surface area contributed by atoms with Gasteiger partial charge in [0.25, 0.3) is 0 Å². The fourth-order valence-electron chi connectivity index (χ4n) is 2.63. The lowest BCUT2D eigenvalue weighted by Gasteiger charge is -2.40. The number of nitrogens with zero attached hydrogens (tertiary/aromatic N) is 1. The predicted molar refractivity (Wildman–Crippen MR) is 57.3 cm³/mol. The summed E-state index contributed by atoms with van der Waals surface area (Å²) in [6.07, 6.45) is 0.894. The molecule has 0 aromatic heterocycles. The third-order valence-corrected chi connectivity index (χ3v) is 3.70. The first-order chi connectivity index (χ1) is 8.10. The largest absolute Gasteiger partial charge is 0.479 e. The number of aliphatic hydroxyl groups is 1. The van der Waals surface area contributed by atoms with E-state index in [1.54, 1.807) is 0 Å². The summed E-state index contributed by atoms with van der Waals surface area (Å²) in [5.41, 5.74) is -1.13. The Morgan fingerprint density at radius 1 is 1.47 bits per heavy atom. The van der Waals surface area contributed by atoms with E-state index in [-0.39, 0.29) is 24.9 Å². The number of rotatable bonds is 3. The molecule has 0 spiro atoms. The van der Waals surface area contributed by atoms with Crippen LogP contribution in [0.25, 0.3) is 0 Å². The second-order valence-corrected chi connectivity index (χ2v) is 4.71. The average Bonchev–Trinajstić information content (AvgIpc) is 2.71. The maximum Gasteiger partial charge on any atom is 0.329 e. The highest BCUT2D eigenvalue weighted by molar-refractivity contribution is 5.88. The second-order valence-electron chi connectivity index (χ2n) is 4.71. The van der Waals surface area contributed by atoms with E-state index in [4.69, 9.17) is 9.84 Å². The van der Waals surface area contributed by atoms with Crippen molar-refractivity contribution in [2.24, 2.45) is 5.92 Å². The van der Waals surface area contributed by atoms with Gasteiger partial charge in [0.05, 0.1) is 0 Å². The molecular weight excluding hydrogens is 226 g/mol. The van der Waals surface area contributed by atoms with Crippen molar-refractivity contribution in [2.75, 3.05) is 26.4 Å². The van der Waals surface area contributed by atoms with Gasteiger partial charge in [0.2, 0.25) is 5.91 Å². The van der Waals surface area contributed by atoms with E-state index in [0.717, 1.165) is 0 Å². The highest BCUT2D eigenvalue weighted by Crippen LogP contribution is 2.33. The maximum absolute atomic E-state index is 11.9. The minimum Gasteiger partial charge on any atom is -0.479 e. The number of aliphatic carboxylic acids is 1. The molecule has 1 amide bonds. The topological polar surface area (TPSA) is 87.1 Å². The number of carboxylic acids is 1. The van der Waals surface area contributed by atoms with E-state index >= 15 is 0 Å². The lowest BCUT2D eigenvalue weighted by Crippen LogP contribution is -2.58. The van der Waals surface area contributed by atoms with Gasteiger partial charge in [-0.15, -0.1) is 0 Å². The number of likely N-dealkylation sites (tertiary alicyclic amines) is 1. The van der Waals surface area contributed by atoms with Crippen LogP contribution < -0.4 is 0 Å². The molecule has 0 aromatic rings. The van der Waals surface area contributed by atoms with Crippen LogP contribution in [0.2, 0.25) is 0 Å². The highest BCUT2D eigenvalue weighted by Gasteiger charge is 2.50. The van der Waals surface area contributed by atoms with Crippen molar-refractivity contribution >= 4 is 11.9 Å². The van der Waals surface area contributed by atoms with Crippen molar-refractivity contribution in [1.82, 2.24) is 4.90 Å². The molecule has 6 heteroatoms. The van der Waals surface area contributed by atoms with Crippen LogP contribution in [0.15, 0.2) is 0 Å². The molecule has 0 bridgehead atoms. The Kier molecular flexibility index (Phi) is 3.35. The Morgan fingerprint density at radius 3 is 2.59 bits per heavy atom. The Balaban J connectivity index is 2.22. The van der Waals surface area contributed by atoms with Gasteiger partial charge in [0.15, 0.2) is 0 Å². The molecule has 2 saturated heterocycles. The highest BCUT2D eigenvalue weighted by atomic mass is 16.5. The maximum atomic E-state index is 11.9. The molecule has 6 nitrogen and oxygen atoms in total. The van der Waals surface area contributed by atoms with Gasteiger partial charge in [-0.1, -0.05) is 0 Å². The second kappa shape index (κ2) is 4.62. The summed E-state index contributed by atoms with van der Waals surface area (Å²) in [7, 11) is 0. The summed E-state index contributed by atoms with van der Waals surface area (Å²) < 4.78 is 5.17. The van der Waals surface area contributed by atoms with Gasteiger partial charge in [-0.3, -0.25) is 4.79 Å². The standard InChI is InChI=1S/C11H17NO5/c13-7-8-5-9(14)12(6-8)11(10(15)16)1-3-17-4-2-11/h8,13H,1-7H2,(H,15,16). The minimum absolute atomic E-state index is 0.0750. The smallest absolute Gasteiger partial charge is 0.329 e. The number of carbonyl (C=O) groups excluding carboxylic acids is 1. The first-order valence-corrected chi connectivity index (χ1v) is 5.82. The first-order valence-electron chi connectivity index (χ1n) is 5.82. The molecule has 0 saturated carbocycles. The number of carboxylic acid groups (broad SMARTS) is 1. The average molecular weight is 243 g/mol. The van der Waals surface area contributed by atoms with Gasteiger partial charge in [-0.05, 0) is 0 Å². The fraction of sp³-hybridized carbons (Fsp3) is 0.818. The zero-order chi connectivity index (χ0) is 12.5. The van der Waals surface area contributed by atoms with Crippen molar-refractivity contribution in [3.63, 3.8) is 0 Å². The van der Waals surface area contributed by atoms with Gasteiger partial charge in [0, 0.05) is 51.5 Å². The molecular formula is C11H17NO5. The van der Waals surface area contributed by atoms with E-state index in [2.05, 4.69) is 0 Å². The van der Waals surface area contributed by atoms with Crippen molar-refractivity contribution in [1.29, 1.82) is 0 Å². The van der Waals surface area contributed by atoms with Crippen molar-refractivity contribution < 1.29 is 24.5 Å². The van der Waals surface area contributed by atoms with Crippen molar-refractivity contribution in [2.45, 2.75) is 24.8 Å². The molecule has 1 unspecified atom stereocenters. The van der Waals surface area contributed by atoms with E-state index in [1.165, 1.54) is 4.90 Å². The van der Waals surface area contributed by atoms with Gasteiger partial charge in [-0.25, -0.2) is 4.79 Å². The monoisotopic (exact) mass is 243 g/mol. The van der Waals surface area contributed by atoms with Gasteiger partial charge in [0.1, 0.15) is 5.54 Å². The molecule has 96 valence electrons. The summed E-state index contributed by atoms with van der Waals surface area (Å²) in [4.78, 5) is 24.8. The predicted octanol–water partition coefficient (Wildman–Crippen LogP) is -0.539. The number of hydrogen-bond donors (Lipinski definition) is 2. The van der Waals surface area contributed by atoms with Crippen molar-refractivity contribution in [3.05, 3.63) is 0 Å². The van der Waals surface area contributed by atoms with Crippen LogP contribution >= 0.6 is 0 Å². The van der Waals surface area contributed by atoms with Crippen LogP contribution in [-0.4, -0.2) is 58.9 Å². The van der Waals surface area contributed by atoms with Crippen LogP contribution in [0, 0.1) is 5.92 Å². The summed E-state index contributed by atoms with van der Waals surface area (Å²) >= 11 is 0. The van der Waals surface area contributed by atoms with E-state index in [1.807, 2.05) is 0 Å². The normalized spacial score (nSPS) is 28.4. The molecule has 0 aromatic carbocycles. The van der Waals surface area contributed by atoms with Gasteiger partial charge < -0.3 is 19.8 Å². The van der Waals surface area contributed by atoms with E-state index in [0.29, 0.717) is 32.6 Å². The zero-order valence-corrected chi connectivity index (χ0v) is 9.59. The third kappa shape index (κ3) is 2.02. The molecule has 0 radical (unpaired) electrons.